The first-order valence-corrected chi connectivity index (χ1v) is 5.77. The second kappa shape index (κ2) is 4.11. The number of hydrogen-bond donors (Lipinski definition) is 1. The monoisotopic (exact) mass is 237 g/mol. The number of benzene rings is 1. The van der Waals surface area contributed by atoms with Crippen molar-refractivity contribution in [2.45, 2.75) is 24.8 Å². The fourth-order valence-corrected chi connectivity index (χ4v) is 2.02. The summed E-state index contributed by atoms with van der Waals surface area (Å²) in [5.41, 5.74) is 2.00. The van der Waals surface area contributed by atoms with Crippen molar-refractivity contribution in [3.8, 4) is 0 Å². The lowest BCUT2D eigenvalue weighted by Gasteiger charge is -2.29. The Bertz CT molecular complexity index is 489. The number of halogens is 1. The highest BCUT2D eigenvalue weighted by molar-refractivity contribution is 6.24. The lowest BCUT2D eigenvalue weighted by atomic mass is 9.92. The molecule has 0 spiro atoms. The van der Waals surface area contributed by atoms with Crippen LogP contribution in [-0.2, 0) is 4.87 Å². The van der Waals surface area contributed by atoms with Crippen LogP contribution in [0.3, 0.4) is 0 Å². The smallest absolute Gasteiger partial charge is 0.133 e. The van der Waals surface area contributed by atoms with Crippen LogP contribution < -0.4 is 5.32 Å². The number of alkyl halides is 1. The maximum absolute atomic E-state index is 6.59. The van der Waals surface area contributed by atoms with E-state index in [2.05, 4.69) is 18.3 Å². The Kier molecular flexibility index (Phi) is 2.96. The minimum atomic E-state index is -0.416. The Balaban J connectivity index is 2.45. The molecular weight excluding hydrogens is 222 g/mol. The van der Waals surface area contributed by atoms with E-state index in [1.54, 1.807) is 6.26 Å². The Hall–Kier alpha value is -0.990. The van der Waals surface area contributed by atoms with E-state index in [4.69, 9.17) is 16.0 Å². The van der Waals surface area contributed by atoms with Crippen LogP contribution in [0.2, 0.25) is 0 Å². The lowest BCUT2D eigenvalue weighted by Crippen LogP contribution is -2.38. The van der Waals surface area contributed by atoms with Gasteiger partial charge in [0.05, 0.1) is 11.1 Å². The summed E-state index contributed by atoms with van der Waals surface area (Å²) in [6.07, 6.45) is 1.70. The zero-order chi connectivity index (χ0) is 11.8. The van der Waals surface area contributed by atoms with Crippen LogP contribution in [0.4, 0.5) is 0 Å². The molecule has 16 heavy (non-hydrogen) atoms. The maximum atomic E-state index is 6.59. The zero-order valence-electron chi connectivity index (χ0n) is 9.75. The molecule has 1 N–H and O–H groups in total. The summed E-state index contributed by atoms with van der Waals surface area (Å²) in [5.74, 6) is 0. The van der Waals surface area contributed by atoms with Crippen LogP contribution in [0.15, 0.2) is 34.9 Å². The van der Waals surface area contributed by atoms with Crippen molar-refractivity contribution in [3.05, 3.63) is 36.1 Å². The molecule has 86 valence electrons. The Morgan fingerprint density at radius 2 is 2.12 bits per heavy atom. The SMILES string of the molecule is CNC(C)C(C)(Cl)c1ccc2occc2c1. The van der Waals surface area contributed by atoms with Gasteiger partial charge in [0, 0.05) is 11.4 Å². The first-order valence-electron chi connectivity index (χ1n) is 5.39. The summed E-state index contributed by atoms with van der Waals surface area (Å²) < 4.78 is 5.31. The van der Waals surface area contributed by atoms with Crippen LogP contribution in [0, 0.1) is 0 Å². The third-order valence-electron chi connectivity index (χ3n) is 3.26. The molecule has 2 rings (SSSR count). The summed E-state index contributed by atoms with van der Waals surface area (Å²) >= 11 is 6.59. The molecule has 0 aliphatic heterocycles. The molecule has 0 saturated heterocycles. The first-order chi connectivity index (χ1) is 7.55. The number of hydrogen-bond acceptors (Lipinski definition) is 2. The largest absolute Gasteiger partial charge is 0.464 e. The number of nitrogens with one attached hydrogen (secondary N) is 1. The third-order valence-corrected chi connectivity index (χ3v) is 3.81. The molecule has 3 heteroatoms. The number of rotatable bonds is 3. The van der Waals surface area contributed by atoms with Crippen molar-refractivity contribution < 1.29 is 4.42 Å². The normalized spacial score (nSPS) is 17.2. The van der Waals surface area contributed by atoms with Crippen LogP contribution >= 0.6 is 11.6 Å². The number of fused-ring (bicyclic) bond motifs is 1. The molecule has 0 fully saturated rings. The molecule has 0 bridgehead atoms. The van der Waals surface area contributed by atoms with Gasteiger partial charge in [0.2, 0.25) is 0 Å². The quantitative estimate of drug-likeness (QED) is 0.827. The van der Waals surface area contributed by atoms with Crippen molar-refractivity contribution >= 4 is 22.6 Å². The van der Waals surface area contributed by atoms with Gasteiger partial charge in [-0.05, 0) is 44.7 Å². The molecule has 0 saturated carbocycles. The van der Waals surface area contributed by atoms with Crippen molar-refractivity contribution in [2.24, 2.45) is 0 Å². The van der Waals surface area contributed by atoms with E-state index < -0.39 is 4.87 Å². The molecule has 2 atom stereocenters. The van der Waals surface area contributed by atoms with Gasteiger partial charge in [-0.25, -0.2) is 0 Å². The topological polar surface area (TPSA) is 25.2 Å². The van der Waals surface area contributed by atoms with Gasteiger partial charge in [0.15, 0.2) is 0 Å². The molecule has 0 aliphatic rings. The fraction of sp³-hybridized carbons (Fsp3) is 0.385. The average molecular weight is 238 g/mol. The van der Waals surface area contributed by atoms with Gasteiger partial charge in [0.25, 0.3) is 0 Å². The minimum absolute atomic E-state index is 0.193. The Morgan fingerprint density at radius 1 is 1.38 bits per heavy atom. The second-order valence-corrected chi connectivity index (χ2v) is 5.04. The lowest BCUT2D eigenvalue weighted by molar-refractivity contribution is 0.474. The van der Waals surface area contributed by atoms with E-state index in [-0.39, 0.29) is 6.04 Å². The van der Waals surface area contributed by atoms with Crippen LogP contribution in [0.25, 0.3) is 11.0 Å². The minimum Gasteiger partial charge on any atom is -0.464 e. The standard InChI is InChI=1S/C13H16ClNO/c1-9(15-3)13(2,14)11-4-5-12-10(8-11)6-7-16-12/h4-9,15H,1-3H3. The molecule has 2 aromatic rings. The van der Waals surface area contributed by atoms with E-state index in [0.29, 0.717) is 0 Å². The average Bonchev–Trinajstić information content (AvgIpc) is 2.74. The van der Waals surface area contributed by atoms with Gasteiger partial charge >= 0.3 is 0 Å². The number of likely N-dealkylation sites (N-methyl/N-ethyl adjacent to an activating group) is 1. The van der Waals surface area contributed by atoms with Gasteiger partial charge in [0.1, 0.15) is 5.58 Å². The van der Waals surface area contributed by atoms with E-state index in [1.165, 1.54) is 0 Å². The summed E-state index contributed by atoms with van der Waals surface area (Å²) in [4.78, 5) is -0.416. The zero-order valence-corrected chi connectivity index (χ0v) is 10.5. The predicted octanol–water partition coefficient (Wildman–Crippen LogP) is 3.49. The molecular formula is C13H16ClNO. The highest BCUT2D eigenvalue weighted by atomic mass is 35.5. The van der Waals surface area contributed by atoms with E-state index in [0.717, 1.165) is 16.5 Å². The predicted molar refractivity (Wildman–Crippen MR) is 67.9 cm³/mol. The van der Waals surface area contributed by atoms with E-state index >= 15 is 0 Å². The highest BCUT2D eigenvalue weighted by Gasteiger charge is 2.29. The number of furan rings is 1. The molecule has 1 aromatic carbocycles. The van der Waals surface area contributed by atoms with E-state index in [9.17, 15) is 0 Å². The van der Waals surface area contributed by atoms with Crippen LogP contribution in [0.1, 0.15) is 19.4 Å². The van der Waals surface area contributed by atoms with Crippen LogP contribution in [0.5, 0.6) is 0 Å². The maximum Gasteiger partial charge on any atom is 0.133 e. The molecule has 0 aliphatic carbocycles. The summed E-state index contributed by atoms with van der Waals surface area (Å²) in [7, 11) is 1.92. The van der Waals surface area contributed by atoms with Gasteiger partial charge < -0.3 is 9.73 Å². The summed E-state index contributed by atoms with van der Waals surface area (Å²) in [5, 5.41) is 4.28. The first kappa shape index (κ1) is 11.5. The summed E-state index contributed by atoms with van der Waals surface area (Å²) in [6.45, 7) is 4.10. The van der Waals surface area contributed by atoms with Gasteiger partial charge in [-0.15, -0.1) is 11.6 Å². The van der Waals surface area contributed by atoms with Gasteiger partial charge in [-0.2, -0.15) is 0 Å². The molecule has 2 unspecified atom stereocenters. The molecule has 0 amide bonds. The van der Waals surface area contributed by atoms with Crippen LogP contribution in [-0.4, -0.2) is 13.1 Å². The Labute approximate surface area is 101 Å². The molecule has 1 heterocycles. The fourth-order valence-electron chi connectivity index (χ4n) is 1.79. The van der Waals surface area contributed by atoms with Crippen molar-refractivity contribution in [3.63, 3.8) is 0 Å². The summed E-state index contributed by atoms with van der Waals surface area (Å²) in [6, 6.07) is 8.22. The molecule has 2 nitrogen and oxygen atoms in total. The highest BCUT2D eigenvalue weighted by Crippen LogP contribution is 2.34. The van der Waals surface area contributed by atoms with Gasteiger partial charge in [-0.1, -0.05) is 6.07 Å². The molecule has 0 radical (unpaired) electrons. The Morgan fingerprint density at radius 3 is 2.81 bits per heavy atom. The third kappa shape index (κ3) is 1.83. The molecule has 1 aromatic heterocycles. The van der Waals surface area contributed by atoms with Crippen molar-refractivity contribution in [2.75, 3.05) is 7.05 Å². The second-order valence-electron chi connectivity index (χ2n) is 4.26. The van der Waals surface area contributed by atoms with Crippen molar-refractivity contribution in [1.82, 2.24) is 5.32 Å². The van der Waals surface area contributed by atoms with Crippen molar-refractivity contribution in [1.29, 1.82) is 0 Å². The van der Waals surface area contributed by atoms with E-state index in [1.807, 2.05) is 32.2 Å². The van der Waals surface area contributed by atoms with Gasteiger partial charge in [-0.3, -0.25) is 0 Å².